The van der Waals surface area contributed by atoms with E-state index in [1.165, 1.54) is 0 Å². The molecule has 1 amide bonds. The van der Waals surface area contributed by atoms with Crippen LogP contribution in [0.1, 0.15) is 10.4 Å². The van der Waals surface area contributed by atoms with Gasteiger partial charge in [-0.2, -0.15) is 0 Å². The molecule has 1 aromatic heterocycles. The van der Waals surface area contributed by atoms with E-state index < -0.39 is 0 Å². The van der Waals surface area contributed by atoms with Crippen LogP contribution in [0.15, 0.2) is 36.4 Å². The average Bonchev–Trinajstić information content (AvgIpc) is 2.62. The van der Waals surface area contributed by atoms with Crippen LogP contribution in [0.5, 0.6) is 0 Å². The Bertz CT molecular complexity index is 697. The normalized spacial score (nSPS) is 14.6. The predicted molar refractivity (Wildman–Crippen MR) is 91.1 cm³/mol. The van der Waals surface area contributed by atoms with Crippen LogP contribution in [0.3, 0.4) is 0 Å². The van der Waals surface area contributed by atoms with Gasteiger partial charge in [0.1, 0.15) is 5.82 Å². The van der Waals surface area contributed by atoms with Crippen molar-refractivity contribution in [3.8, 4) is 11.3 Å². The molecular weight excluding hydrogens is 314 g/mol. The molecule has 0 radical (unpaired) electrons. The lowest BCUT2D eigenvalue weighted by Gasteiger charge is -2.29. The van der Waals surface area contributed by atoms with E-state index >= 15 is 0 Å². The lowest BCUT2D eigenvalue weighted by atomic mass is 10.1. The molecule has 23 heavy (non-hydrogen) atoms. The first-order valence-electron chi connectivity index (χ1n) is 7.51. The summed E-state index contributed by atoms with van der Waals surface area (Å²) in [5.41, 5.74) is 2.36. The fourth-order valence-corrected chi connectivity index (χ4v) is 2.68. The van der Waals surface area contributed by atoms with Crippen LogP contribution in [-0.4, -0.2) is 44.2 Å². The maximum Gasteiger partial charge on any atom is 0.254 e. The van der Waals surface area contributed by atoms with E-state index in [-0.39, 0.29) is 5.91 Å². The summed E-state index contributed by atoms with van der Waals surface area (Å²) < 4.78 is 5.39. The zero-order valence-corrected chi connectivity index (χ0v) is 13.6. The van der Waals surface area contributed by atoms with Gasteiger partial charge in [0.05, 0.1) is 24.5 Å². The van der Waals surface area contributed by atoms with Crippen molar-refractivity contribution in [3.05, 3.63) is 47.0 Å². The van der Waals surface area contributed by atoms with Crippen molar-refractivity contribution >= 4 is 23.3 Å². The number of morpholine rings is 1. The second-order valence-electron chi connectivity index (χ2n) is 5.25. The quantitative estimate of drug-likeness (QED) is 0.939. The Balaban J connectivity index is 2.03. The number of nitrogens with zero attached hydrogens (tertiary/aromatic N) is 2. The zero-order chi connectivity index (χ0) is 16.2. The number of rotatable bonds is 3. The van der Waals surface area contributed by atoms with Gasteiger partial charge in [0.2, 0.25) is 0 Å². The van der Waals surface area contributed by atoms with Gasteiger partial charge in [-0.1, -0.05) is 23.7 Å². The third-order valence-corrected chi connectivity index (χ3v) is 4.05. The number of benzene rings is 1. The third-order valence-electron chi connectivity index (χ3n) is 3.80. The second kappa shape index (κ2) is 6.98. The molecule has 1 fully saturated rings. The minimum atomic E-state index is -0.137. The fraction of sp³-hybridized carbons (Fsp3) is 0.294. The molecule has 1 aromatic carbocycles. The Kier molecular flexibility index (Phi) is 4.79. The highest BCUT2D eigenvalue weighted by Crippen LogP contribution is 2.26. The Morgan fingerprint density at radius 1 is 1.17 bits per heavy atom. The molecule has 5 nitrogen and oxygen atoms in total. The lowest BCUT2D eigenvalue weighted by molar-refractivity contribution is 0.0961. The van der Waals surface area contributed by atoms with Gasteiger partial charge in [0, 0.05) is 30.7 Å². The fourth-order valence-electron chi connectivity index (χ4n) is 2.56. The molecule has 1 aliphatic heterocycles. The van der Waals surface area contributed by atoms with E-state index in [0.29, 0.717) is 29.6 Å². The van der Waals surface area contributed by atoms with Crippen LogP contribution >= 0.6 is 11.6 Å². The Morgan fingerprint density at radius 2 is 1.87 bits per heavy atom. The summed E-state index contributed by atoms with van der Waals surface area (Å²) in [5.74, 6) is 0.557. The third kappa shape index (κ3) is 3.46. The van der Waals surface area contributed by atoms with Gasteiger partial charge in [-0.25, -0.2) is 4.98 Å². The van der Waals surface area contributed by atoms with Crippen molar-refractivity contribution in [2.24, 2.45) is 0 Å². The molecule has 0 unspecified atom stereocenters. The Labute approximate surface area is 140 Å². The molecule has 0 atom stereocenters. The number of aromatic nitrogens is 1. The molecule has 0 aliphatic carbocycles. The van der Waals surface area contributed by atoms with Gasteiger partial charge in [-0.05, 0) is 24.3 Å². The molecule has 120 valence electrons. The van der Waals surface area contributed by atoms with Gasteiger partial charge in [-0.15, -0.1) is 0 Å². The summed E-state index contributed by atoms with van der Waals surface area (Å²) >= 11 is 5.94. The summed E-state index contributed by atoms with van der Waals surface area (Å²) in [6.07, 6.45) is 0. The predicted octanol–water partition coefficient (Wildman–Crippen LogP) is 2.60. The van der Waals surface area contributed by atoms with Gasteiger partial charge in [0.15, 0.2) is 0 Å². The number of carbonyl (C=O) groups is 1. The second-order valence-corrected chi connectivity index (χ2v) is 5.69. The average molecular weight is 332 g/mol. The molecule has 2 aromatic rings. The molecule has 1 N–H and O–H groups in total. The number of carbonyl (C=O) groups excluding carboxylic acids is 1. The van der Waals surface area contributed by atoms with Crippen LogP contribution in [0.2, 0.25) is 5.02 Å². The SMILES string of the molecule is CNC(=O)c1ccc(-c2ccc(Cl)cc2)nc1N1CCOCC1. The number of pyridine rings is 1. The summed E-state index contributed by atoms with van der Waals surface area (Å²) in [6, 6.07) is 11.2. The number of nitrogens with one attached hydrogen (secondary N) is 1. The summed E-state index contributed by atoms with van der Waals surface area (Å²) in [4.78, 5) is 19.0. The molecule has 2 heterocycles. The first-order chi connectivity index (χ1) is 11.2. The van der Waals surface area contributed by atoms with Gasteiger partial charge < -0.3 is 15.0 Å². The monoisotopic (exact) mass is 331 g/mol. The summed E-state index contributed by atoms with van der Waals surface area (Å²) in [6.45, 7) is 2.72. The topological polar surface area (TPSA) is 54.5 Å². The summed E-state index contributed by atoms with van der Waals surface area (Å²) in [5, 5.41) is 3.36. The van der Waals surface area contributed by atoms with E-state index in [4.69, 9.17) is 21.3 Å². The standard InChI is InChI=1S/C17H18ClN3O2/c1-19-17(22)14-6-7-15(12-2-4-13(18)5-3-12)20-16(14)21-8-10-23-11-9-21/h2-7H,8-11H2,1H3,(H,19,22). The van der Waals surface area contributed by atoms with Crippen molar-refractivity contribution < 1.29 is 9.53 Å². The minimum Gasteiger partial charge on any atom is -0.378 e. The highest BCUT2D eigenvalue weighted by molar-refractivity contribution is 6.30. The smallest absolute Gasteiger partial charge is 0.254 e. The molecule has 6 heteroatoms. The van der Waals surface area contributed by atoms with Gasteiger partial charge in [-0.3, -0.25) is 4.79 Å². The van der Waals surface area contributed by atoms with Crippen LogP contribution < -0.4 is 10.2 Å². The number of hydrogen-bond donors (Lipinski definition) is 1. The van der Waals surface area contributed by atoms with Crippen molar-refractivity contribution in [1.29, 1.82) is 0 Å². The first-order valence-corrected chi connectivity index (χ1v) is 7.88. The van der Waals surface area contributed by atoms with E-state index in [2.05, 4.69) is 10.2 Å². The minimum absolute atomic E-state index is 0.137. The van der Waals surface area contributed by atoms with Crippen molar-refractivity contribution in [2.75, 3.05) is 38.3 Å². The molecule has 1 aliphatic rings. The van der Waals surface area contributed by atoms with E-state index in [9.17, 15) is 4.79 Å². The molecule has 1 saturated heterocycles. The number of amides is 1. The van der Waals surface area contributed by atoms with Crippen molar-refractivity contribution in [1.82, 2.24) is 10.3 Å². The van der Waals surface area contributed by atoms with Crippen LogP contribution in [0.25, 0.3) is 11.3 Å². The largest absolute Gasteiger partial charge is 0.378 e. The van der Waals surface area contributed by atoms with Crippen molar-refractivity contribution in [2.45, 2.75) is 0 Å². The number of anilines is 1. The van der Waals surface area contributed by atoms with Crippen LogP contribution in [0, 0.1) is 0 Å². The van der Waals surface area contributed by atoms with Crippen LogP contribution in [0.4, 0.5) is 5.82 Å². The van der Waals surface area contributed by atoms with Crippen LogP contribution in [-0.2, 0) is 4.74 Å². The number of ether oxygens (including phenoxy) is 1. The lowest BCUT2D eigenvalue weighted by Crippen LogP contribution is -2.38. The zero-order valence-electron chi connectivity index (χ0n) is 12.9. The number of hydrogen-bond acceptors (Lipinski definition) is 4. The highest BCUT2D eigenvalue weighted by atomic mass is 35.5. The molecule has 0 saturated carbocycles. The van der Waals surface area contributed by atoms with Gasteiger partial charge >= 0.3 is 0 Å². The molecule has 0 bridgehead atoms. The first kappa shape index (κ1) is 15.8. The van der Waals surface area contributed by atoms with E-state index in [1.54, 1.807) is 7.05 Å². The summed E-state index contributed by atoms with van der Waals surface area (Å²) in [7, 11) is 1.62. The Morgan fingerprint density at radius 3 is 2.52 bits per heavy atom. The van der Waals surface area contributed by atoms with E-state index in [0.717, 1.165) is 24.3 Å². The molecule has 0 spiro atoms. The maximum atomic E-state index is 12.1. The van der Waals surface area contributed by atoms with E-state index in [1.807, 2.05) is 36.4 Å². The molecular formula is C17H18ClN3O2. The number of halogens is 1. The highest BCUT2D eigenvalue weighted by Gasteiger charge is 2.20. The Hall–Kier alpha value is -2.11. The van der Waals surface area contributed by atoms with Crippen molar-refractivity contribution in [3.63, 3.8) is 0 Å². The maximum absolute atomic E-state index is 12.1. The van der Waals surface area contributed by atoms with Gasteiger partial charge in [0.25, 0.3) is 5.91 Å². The molecule has 3 rings (SSSR count).